The first-order chi connectivity index (χ1) is 10.3. The molecule has 1 aromatic carbocycles. The van der Waals surface area contributed by atoms with E-state index in [4.69, 9.17) is 4.74 Å². The van der Waals surface area contributed by atoms with Gasteiger partial charge in [0.05, 0.1) is 0 Å². The van der Waals surface area contributed by atoms with Crippen LogP contribution in [-0.4, -0.2) is 11.0 Å². The van der Waals surface area contributed by atoms with E-state index in [1.165, 1.54) is 0 Å². The van der Waals surface area contributed by atoms with Gasteiger partial charge in [-0.1, -0.05) is 37.6 Å². The van der Waals surface area contributed by atoms with Gasteiger partial charge in [0.15, 0.2) is 0 Å². The second-order valence-electron chi connectivity index (χ2n) is 4.76. The molecule has 0 radical (unpaired) electrons. The minimum absolute atomic E-state index is 0.170. The maximum absolute atomic E-state index is 11.5. The molecule has 3 nitrogen and oxygen atoms in total. The molecule has 21 heavy (non-hydrogen) atoms. The summed E-state index contributed by atoms with van der Waals surface area (Å²) in [6.45, 7) is 2.05. The molecule has 0 N–H and O–H groups in total. The number of carbonyl (C=O) groups excluding carboxylic acids is 1. The van der Waals surface area contributed by atoms with Gasteiger partial charge in [-0.15, -0.1) is 0 Å². The Bertz CT molecular complexity index is 588. The van der Waals surface area contributed by atoms with Gasteiger partial charge < -0.3 is 4.74 Å². The van der Waals surface area contributed by atoms with Gasteiger partial charge in [0.1, 0.15) is 5.75 Å². The molecule has 0 amide bonds. The molecule has 0 unspecified atom stereocenters. The summed E-state index contributed by atoms with van der Waals surface area (Å²) >= 11 is 0. The molecule has 0 aliphatic heterocycles. The fourth-order valence-electron chi connectivity index (χ4n) is 1.82. The quantitative estimate of drug-likeness (QED) is 0.583. The normalized spacial score (nSPS) is 10.7. The molecule has 2 rings (SSSR count). The molecule has 0 saturated heterocycles. The summed E-state index contributed by atoms with van der Waals surface area (Å²) in [5.74, 6) is 0.425. The van der Waals surface area contributed by atoms with Crippen LogP contribution in [-0.2, 0) is 4.79 Å². The van der Waals surface area contributed by atoms with Crippen LogP contribution in [0.2, 0.25) is 0 Å². The van der Waals surface area contributed by atoms with Gasteiger partial charge in [0, 0.05) is 18.8 Å². The SMILES string of the molecule is CCCCC(=O)Oc1ccc(/C=C/c2ccncc2)cc1. The van der Waals surface area contributed by atoms with Crippen molar-refractivity contribution in [2.45, 2.75) is 26.2 Å². The highest BCUT2D eigenvalue weighted by Crippen LogP contribution is 2.15. The maximum atomic E-state index is 11.5. The molecule has 0 bridgehead atoms. The van der Waals surface area contributed by atoms with Crippen LogP contribution < -0.4 is 4.74 Å². The first-order valence-corrected chi connectivity index (χ1v) is 7.17. The van der Waals surface area contributed by atoms with Gasteiger partial charge >= 0.3 is 5.97 Å². The zero-order valence-electron chi connectivity index (χ0n) is 12.2. The van der Waals surface area contributed by atoms with E-state index in [9.17, 15) is 4.79 Å². The fraction of sp³-hybridized carbons (Fsp3) is 0.222. The zero-order chi connectivity index (χ0) is 14.9. The number of nitrogens with zero attached hydrogens (tertiary/aromatic N) is 1. The molecule has 0 fully saturated rings. The largest absolute Gasteiger partial charge is 0.427 e. The average molecular weight is 281 g/mol. The van der Waals surface area contributed by atoms with Crippen LogP contribution >= 0.6 is 0 Å². The third-order valence-corrected chi connectivity index (χ3v) is 3.02. The summed E-state index contributed by atoms with van der Waals surface area (Å²) < 4.78 is 5.26. The van der Waals surface area contributed by atoms with Gasteiger partial charge in [0.25, 0.3) is 0 Å². The lowest BCUT2D eigenvalue weighted by Crippen LogP contribution is -2.07. The van der Waals surface area contributed by atoms with E-state index in [2.05, 4.69) is 11.9 Å². The molecule has 0 atom stereocenters. The molecule has 0 aliphatic rings. The third-order valence-electron chi connectivity index (χ3n) is 3.02. The summed E-state index contributed by atoms with van der Waals surface area (Å²) in [6.07, 6.45) is 9.89. The standard InChI is InChI=1S/C18H19NO2/c1-2-3-4-18(20)21-17-9-7-15(8-10-17)5-6-16-11-13-19-14-12-16/h5-14H,2-4H2,1H3/b6-5+. The number of hydrogen-bond acceptors (Lipinski definition) is 3. The van der Waals surface area contributed by atoms with E-state index in [0.29, 0.717) is 12.2 Å². The number of pyridine rings is 1. The first-order valence-electron chi connectivity index (χ1n) is 7.17. The zero-order valence-corrected chi connectivity index (χ0v) is 12.2. The van der Waals surface area contributed by atoms with Crippen molar-refractivity contribution in [3.05, 3.63) is 59.9 Å². The summed E-state index contributed by atoms with van der Waals surface area (Å²) in [7, 11) is 0. The van der Waals surface area contributed by atoms with Crippen LogP contribution in [0.4, 0.5) is 0 Å². The number of aromatic nitrogens is 1. The van der Waals surface area contributed by atoms with Crippen molar-refractivity contribution in [1.29, 1.82) is 0 Å². The van der Waals surface area contributed by atoms with Crippen molar-refractivity contribution in [2.24, 2.45) is 0 Å². The third kappa shape index (κ3) is 5.22. The Hall–Kier alpha value is -2.42. The number of rotatable bonds is 6. The number of unbranched alkanes of at least 4 members (excludes halogenated alkanes) is 1. The summed E-state index contributed by atoms with van der Waals surface area (Å²) in [5, 5.41) is 0. The second-order valence-corrected chi connectivity index (χ2v) is 4.76. The first kappa shape index (κ1) is 15.0. The van der Waals surface area contributed by atoms with Crippen molar-refractivity contribution in [2.75, 3.05) is 0 Å². The minimum Gasteiger partial charge on any atom is -0.427 e. The fourth-order valence-corrected chi connectivity index (χ4v) is 1.82. The maximum Gasteiger partial charge on any atom is 0.311 e. The number of esters is 1. The lowest BCUT2D eigenvalue weighted by Gasteiger charge is -2.04. The lowest BCUT2D eigenvalue weighted by atomic mass is 10.1. The number of carbonyl (C=O) groups is 1. The second kappa shape index (κ2) is 8.00. The van der Waals surface area contributed by atoms with Crippen LogP contribution in [0.5, 0.6) is 5.75 Å². The van der Waals surface area contributed by atoms with Crippen LogP contribution in [0.3, 0.4) is 0 Å². The molecule has 3 heteroatoms. The van der Waals surface area contributed by atoms with Crippen LogP contribution in [0.15, 0.2) is 48.8 Å². The summed E-state index contributed by atoms with van der Waals surface area (Å²) in [4.78, 5) is 15.5. The summed E-state index contributed by atoms with van der Waals surface area (Å²) in [6, 6.07) is 11.4. The molecule has 1 aromatic heterocycles. The van der Waals surface area contributed by atoms with Gasteiger partial charge in [-0.3, -0.25) is 9.78 Å². The van der Waals surface area contributed by atoms with Crippen molar-refractivity contribution in [3.8, 4) is 5.75 Å². The Kier molecular flexibility index (Phi) is 5.71. The minimum atomic E-state index is -0.170. The number of ether oxygens (including phenoxy) is 1. The Morgan fingerprint density at radius 1 is 1.05 bits per heavy atom. The average Bonchev–Trinajstić information content (AvgIpc) is 2.53. The highest BCUT2D eigenvalue weighted by Gasteiger charge is 2.03. The monoisotopic (exact) mass is 281 g/mol. The van der Waals surface area contributed by atoms with E-state index < -0.39 is 0 Å². The van der Waals surface area contributed by atoms with Gasteiger partial charge in [-0.05, 0) is 41.8 Å². The van der Waals surface area contributed by atoms with E-state index in [0.717, 1.165) is 24.0 Å². The van der Waals surface area contributed by atoms with Crippen LogP contribution in [0.25, 0.3) is 12.2 Å². The predicted octanol–water partition coefficient (Wildman–Crippen LogP) is 4.35. The molecular weight excluding hydrogens is 262 g/mol. The van der Waals surface area contributed by atoms with E-state index in [-0.39, 0.29) is 5.97 Å². The van der Waals surface area contributed by atoms with E-state index in [1.54, 1.807) is 12.4 Å². The van der Waals surface area contributed by atoms with Gasteiger partial charge in [0.2, 0.25) is 0 Å². The Balaban J connectivity index is 1.93. The van der Waals surface area contributed by atoms with Crippen molar-refractivity contribution >= 4 is 18.1 Å². The molecular formula is C18H19NO2. The highest BCUT2D eigenvalue weighted by molar-refractivity contribution is 5.73. The topological polar surface area (TPSA) is 39.2 Å². The molecule has 0 aliphatic carbocycles. The predicted molar refractivity (Wildman–Crippen MR) is 84.8 cm³/mol. The van der Waals surface area contributed by atoms with Crippen molar-refractivity contribution in [1.82, 2.24) is 4.98 Å². The van der Waals surface area contributed by atoms with Gasteiger partial charge in [-0.25, -0.2) is 0 Å². The molecule has 0 saturated carbocycles. The number of benzene rings is 1. The number of hydrogen-bond donors (Lipinski definition) is 0. The molecule has 2 aromatic rings. The Labute approximate surface area is 125 Å². The lowest BCUT2D eigenvalue weighted by molar-refractivity contribution is -0.134. The smallest absolute Gasteiger partial charge is 0.311 e. The molecule has 108 valence electrons. The summed E-state index contributed by atoms with van der Waals surface area (Å²) in [5.41, 5.74) is 2.15. The molecule has 0 spiro atoms. The Morgan fingerprint density at radius 3 is 2.29 bits per heavy atom. The van der Waals surface area contributed by atoms with Crippen molar-refractivity contribution in [3.63, 3.8) is 0 Å². The molecule has 1 heterocycles. The van der Waals surface area contributed by atoms with Crippen LogP contribution in [0, 0.1) is 0 Å². The van der Waals surface area contributed by atoms with Gasteiger partial charge in [-0.2, -0.15) is 0 Å². The highest BCUT2D eigenvalue weighted by atomic mass is 16.5. The Morgan fingerprint density at radius 2 is 1.67 bits per heavy atom. The van der Waals surface area contributed by atoms with Crippen molar-refractivity contribution < 1.29 is 9.53 Å². The van der Waals surface area contributed by atoms with E-state index in [1.807, 2.05) is 48.6 Å². The van der Waals surface area contributed by atoms with Crippen LogP contribution in [0.1, 0.15) is 37.3 Å². The van der Waals surface area contributed by atoms with E-state index >= 15 is 0 Å².